The van der Waals surface area contributed by atoms with Crippen LogP contribution in [0, 0.1) is 11.3 Å². The van der Waals surface area contributed by atoms with Crippen molar-refractivity contribution in [2.45, 2.75) is 6.10 Å². The molecular weight excluding hydrogens is 304 g/mol. The Balaban J connectivity index is 1.59. The molecule has 2 amide bonds. The molecular formula is C18H18N4O2. The van der Waals surface area contributed by atoms with Crippen molar-refractivity contribution in [2.24, 2.45) is 0 Å². The van der Waals surface area contributed by atoms with Gasteiger partial charge in [0.15, 0.2) is 0 Å². The molecule has 24 heavy (non-hydrogen) atoms. The zero-order valence-electron chi connectivity index (χ0n) is 13.1. The summed E-state index contributed by atoms with van der Waals surface area (Å²) >= 11 is 0. The second kappa shape index (κ2) is 7.59. The summed E-state index contributed by atoms with van der Waals surface area (Å²) in [5.74, 6) is 0. The highest BCUT2D eigenvalue weighted by Crippen LogP contribution is 2.21. The van der Waals surface area contributed by atoms with E-state index < -0.39 is 0 Å². The van der Waals surface area contributed by atoms with Crippen LogP contribution >= 0.6 is 0 Å². The summed E-state index contributed by atoms with van der Waals surface area (Å²) in [7, 11) is 0. The normalized spacial score (nSPS) is 16.9. The van der Waals surface area contributed by atoms with E-state index in [2.05, 4.69) is 16.0 Å². The molecule has 3 rings (SSSR count). The molecule has 1 atom stereocenters. The van der Waals surface area contributed by atoms with Gasteiger partial charge in [0, 0.05) is 24.5 Å². The average molecular weight is 322 g/mol. The first-order chi connectivity index (χ1) is 11.7. The zero-order chi connectivity index (χ0) is 16.8. The number of amides is 2. The van der Waals surface area contributed by atoms with Gasteiger partial charge < -0.3 is 20.7 Å². The number of carbonyl (C=O) groups excluding carboxylic acids is 1. The first kappa shape index (κ1) is 16.0. The number of nitrogens with one attached hydrogen (secondary N) is 3. The van der Waals surface area contributed by atoms with Crippen molar-refractivity contribution < 1.29 is 9.53 Å². The Bertz CT molecular complexity index is 746. The second-order valence-electron chi connectivity index (χ2n) is 5.46. The minimum absolute atomic E-state index is 0.0512. The molecule has 0 spiro atoms. The van der Waals surface area contributed by atoms with E-state index in [4.69, 9.17) is 10.00 Å². The molecule has 3 N–H and O–H groups in total. The summed E-state index contributed by atoms with van der Waals surface area (Å²) in [4.78, 5) is 12.0. The van der Waals surface area contributed by atoms with Crippen molar-refractivity contribution >= 4 is 17.4 Å². The third kappa shape index (κ3) is 4.10. The maximum absolute atomic E-state index is 12.0. The van der Waals surface area contributed by atoms with E-state index in [-0.39, 0.29) is 12.1 Å². The second-order valence-corrected chi connectivity index (χ2v) is 5.46. The molecule has 1 fully saturated rings. The molecule has 6 heteroatoms. The lowest BCUT2D eigenvalue weighted by molar-refractivity contribution is 0.0277. The molecule has 1 heterocycles. The van der Waals surface area contributed by atoms with Crippen molar-refractivity contribution in [1.82, 2.24) is 5.32 Å². The van der Waals surface area contributed by atoms with Gasteiger partial charge in [0.2, 0.25) is 0 Å². The Hall–Kier alpha value is -2.88. The number of ether oxygens (including phenoxy) is 1. The van der Waals surface area contributed by atoms with Crippen LogP contribution in [0.15, 0.2) is 48.5 Å². The standard InChI is InChI=1S/C18H18N4O2/c19-11-13-2-1-3-16(10-13)22-18(23)21-15-6-4-14(5-7-15)17-12-20-8-9-24-17/h1-7,10,17,20H,8-9,12H2,(H2,21,22,23). The van der Waals surface area contributed by atoms with Gasteiger partial charge in [-0.15, -0.1) is 0 Å². The summed E-state index contributed by atoms with van der Waals surface area (Å²) < 4.78 is 5.70. The Morgan fingerprint density at radius 2 is 1.96 bits per heavy atom. The van der Waals surface area contributed by atoms with E-state index in [9.17, 15) is 4.79 Å². The molecule has 1 aliphatic rings. The number of rotatable bonds is 3. The van der Waals surface area contributed by atoms with Crippen molar-refractivity contribution in [3.8, 4) is 6.07 Å². The van der Waals surface area contributed by atoms with Gasteiger partial charge in [0.05, 0.1) is 24.3 Å². The lowest BCUT2D eigenvalue weighted by Crippen LogP contribution is -2.33. The molecule has 2 aromatic carbocycles. The summed E-state index contributed by atoms with van der Waals surface area (Å²) in [6, 6.07) is 16.0. The van der Waals surface area contributed by atoms with Crippen LogP contribution in [-0.4, -0.2) is 25.7 Å². The fourth-order valence-corrected chi connectivity index (χ4v) is 2.52. The fourth-order valence-electron chi connectivity index (χ4n) is 2.52. The maximum atomic E-state index is 12.0. The van der Waals surface area contributed by atoms with E-state index in [1.807, 2.05) is 30.3 Å². The van der Waals surface area contributed by atoms with Gasteiger partial charge >= 0.3 is 6.03 Å². The van der Waals surface area contributed by atoms with E-state index in [0.29, 0.717) is 23.5 Å². The van der Waals surface area contributed by atoms with E-state index in [1.54, 1.807) is 24.3 Å². The summed E-state index contributed by atoms with van der Waals surface area (Å²) in [5.41, 5.74) is 2.84. The molecule has 2 aromatic rings. The lowest BCUT2D eigenvalue weighted by Gasteiger charge is -2.24. The predicted molar refractivity (Wildman–Crippen MR) is 91.8 cm³/mol. The number of hydrogen-bond donors (Lipinski definition) is 3. The SMILES string of the molecule is N#Cc1cccc(NC(=O)Nc2ccc(C3CNCCO3)cc2)c1. The summed E-state index contributed by atoms with van der Waals surface area (Å²) in [5, 5.41) is 17.6. The van der Waals surface area contributed by atoms with E-state index in [0.717, 1.165) is 18.7 Å². The summed E-state index contributed by atoms with van der Waals surface area (Å²) in [6.07, 6.45) is 0.0512. The van der Waals surface area contributed by atoms with Crippen molar-refractivity contribution in [3.05, 3.63) is 59.7 Å². The molecule has 1 aliphatic heterocycles. The summed E-state index contributed by atoms with van der Waals surface area (Å²) in [6.45, 7) is 2.38. The Kier molecular flexibility index (Phi) is 5.06. The van der Waals surface area contributed by atoms with Crippen molar-refractivity contribution in [1.29, 1.82) is 5.26 Å². The predicted octanol–water partition coefficient (Wildman–Crippen LogP) is 2.86. The molecule has 0 aromatic heterocycles. The highest BCUT2D eigenvalue weighted by molar-refractivity contribution is 5.99. The number of nitriles is 1. The molecule has 0 saturated carbocycles. The highest BCUT2D eigenvalue weighted by atomic mass is 16.5. The van der Waals surface area contributed by atoms with Crippen LogP contribution < -0.4 is 16.0 Å². The van der Waals surface area contributed by atoms with Gasteiger partial charge in [0.1, 0.15) is 0 Å². The monoisotopic (exact) mass is 322 g/mol. The number of urea groups is 1. The van der Waals surface area contributed by atoms with Gasteiger partial charge in [0.25, 0.3) is 0 Å². The minimum Gasteiger partial charge on any atom is -0.371 e. The largest absolute Gasteiger partial charge is 0.371 e. The molecule has 1 unspecified atom stereocenters. The van der Waals surface area contributed by atoms with Crippen LogP contribution in [0.1, 0.15) is 17.2 Å². The zero-order valence-corrected chi connectivity index (χ0v) is 13.1. The Morgan fingerprint density at radius 3 is 2.67 bits per heavy atom. The lowest BCUT2D eigenvalue weighted by atomic mass is 10.1. The van der Waals surface area contributed by atoms with Crippen LogP contribution in [0.4, 0.5) is 16.2 Å². The molecule has 122 valence electrons. The third-order valence-electron chi connectivity index (χ3n) is 3.72. The van der Waals surface area contributed by atoms with Crippen LogP contribution in [-0.2, 0) is 4.74 Å². The first-order valence-corrected chi connectivity index (χ1v) is 7.75. The molecule has 6 nitrogen and oxygen atoms in total. The number of anilines is 2. The number of morpholine rings is 1. The fraction of sp³-hybridized carbons (Fsp3) is 0.222. The molecule has 0 aliphatic carbocycles. The topological polar surface area (TPSA) is 86.2 Å². The number of hydrogen-bond acceptors (Lipinski definition) is 4. The molecule has 1 saturated heterocycles. The van der Waals surface area contributed by atoms with Gasteiger partial charge in [-0.1, -0.05) is 18.2 Å². The van der Waals surface area contributed by atoms with Crippen LogP contribution in [0.5, 0.6) is 0 Å². The number of benzene rings is 2. The molecule has 0 radical (unpaired) electrons. The van der Waals surface area contributed by atoms with Crippen molar-refractivity contribution in [3.63, 3.8) is 0 Å². The number of carbonyl (C=O) groups is 1. The number of nitrogens with zero attached hydrogens (tertiary/aromatic N) is 1. The Labute approximate surface area is 140 Å². The highest BCUT2D eigenvalue weighted by Gasteiger charge is 2.15. The van der Waals surface area contributed by atoms with Gasteiger partial charge in [-0.05, 0) is 35.9 Å². The van der Waals surface area contributed by atoms with E-state index >= 15 is 0 Å². The minimum atomic E-state index is -0.353. The van der Waals surface area contributed by atoms with Gasteiger partial charge in [-0.2, -0.15) is 5.26 Å². The van der Waals surface area contributed by atoms with Crippen LogP contribution in [0.25, 0.3) is 0 Å². The third-order valence-corrected chi connectivity index (χ3v) is 3.72. The molecule has 0 bridgehead atoms. The Morgan fingerprint density at radius 1 is 1.17 bits per heavy atom. The first-order valence-electron chi connectivity index (χ1n) is 7.75. The van der Waals surface area contributed by atoms with Crippen molar-refractivity contribution in [2.75, 3.05) is 30.3 Å². The smallest absolute Gasteiger partial charge is 0.323 e. The van der Waals surface area contributed by atoms with Crippen LogP contribution in [0.3, 0.4) is 0 Å². The maximum Gasteiger partial charge on any atom is 0.323 e. The average Bonchev–Trinajstić information content (AvgIpc) is 2.63. The van der Waals surface area contributed by atoms with Gasteiger partial charge in [-0.25, -0.2) is 4.79 Å². The quantitative estimate of drug-likeness (QED) is 0.811. The van der Waals surface area contributed by atoms with Crippen LogP contribution in [0.2, 0.25) is 0 Å². The van der Waals surface area contributed by atoms with Gasteiger partial charge in [-0.3, -0.25) is 0 Å². The van der Waals surface area contributed by atoms with E-state index in [1.165, 1.54) is 0 Å².